The smallest absolute Gasteiger partial charge is 0.224 e. The van der Waals surface area contributed by atoms with Crippen LogP contribution in [0.2, 0.25) is 0 Å². The molecule has 0 bridgehead atoms. The highest BCUT2D eigenvalue weighted by molar-refractivity contribution is 6.00. The number of amides is 1. The molecule has 27 heavy (non-hydrogen) atoms. The lowest BCUT2D eigenvalue weighted by Gasteiger charge is -2.16. The number of aryl methyl sites for hydroxylation is 2. The summed E-state index contributed by atoms with van der Waals surface area (Å²) in [5.41, 5.74) is 9.43. The molecule has 5 heteroatoms. The van der Waals surface area contributed by atoms with E-state index in [1.165, 1.54) is 24.0 Å². The van der Waals surface area contributed by atoms with Gasteiger partial charge < -0.3 is 15.8 Å². The molecule has 0 radical (unpaired) electrons. The standard InChI is InChI=1S/C22H26N2O3/c23-13-14-27-20-9-7-19(8-10-20)24-22(26)12-11-21(25)18-6-5-16-3-1-2-4-17(16)15-18/h5-10,15H,1-4,11-14,23H2,(H,24,26). The number of benzene rings is 2. The second kappa shape index (κ2) is 9.33. The van der Waals surface area contributed by atoms with Crippen LogP contribution in [0.1, 0.15) is 47.2 Å². The van der Waals surface area contributed by atoms with Gasteiger partial charge in [0.2, 0.25) is 5.91 Å². The number of Topliss-reactive ketones (excluding diaryl/α,β-unsaturated/α-hetero) is 1. The summed E-state index contributed by atoms with van der Waals surface area (Å²) in [5.74, 6) is 0.557. The molecule has 0 aliphatic heterocycles. The van der Waals surface area contributed by atoms with Crippen molar-refractivity contribution in [2.24, 2.45) is 5.73 Å². The molecule has 0 saturated carbocycles. The fourth-order valence-corrected chi connectivity index (χ4v) is 3.31. The van der Waals surface area contributed by atoms with E-state index in [0.29, 0.717) is 30.2 Å². The first-order valence-corrected chi connectivity index (χ1v) is 9.53. The molecule has 5 nitrogen and oxygen atoms in total. The maximum Gasteiger partial charge on any atom is 0.224 e. The van der Waals surface area contributed by atoms with Crippen LogP contribution in [0, 0.1) is 0 Å². The van der Waals surface area contributed by atoms with Crippen molar-refractivity contribution < 1.29 is 14.3 Å². The van der Waals surface area contributed by atoms with Crippen molar-refractivity contribution in [1.82, 2.24) is 0 Å². The average molecular weight is 366 g/mol. The van der Waals surface area contributed by atoms with Crippen LogP contribution in [0.15, 0.2) is 42.5 Å². The van der Waals surface area contributed by atoms with E-state index in [1.807, 2.05) is 12.1 Å². The number of fused-ring (bicyclic) bond motifs is 1. The van der Waals surface area contributed by atoms with E-state index in [9.17, 15) is 9.59 Å². The zero-order chi connectivity index (χ0) is 19.1. The molecule has 0 spiro atoms. The monoisotopic (exact) mass is 366 g/mol. The van der Waals surface area contributed by atoms with Crippen LogP contribution in [0.3, 0.4) is 0 Å². The van der Waals surface area contributed by atoms with Gasteiger partial charge in [0.25, 0.3) is 0 Å². The van der Waals surface area contributed by atoms with Gasteiger partial charge in [-0.3, -0.25) is 9.59 Å². The highest BCUT2D eigenvalue weighted by atomic mass is 16.5. The van der Waals surface area contributed by atoms with E-state index in [-0.39, 0.29) is 24.5 Å². The quantitative estimate of drug-likeness (QED) is 0.701. The van der Waals surface area contributed by atoms with Crippen LogP contribution in [0.5, 0.6) is 5.75 Å². The number of hydrogen-bond donors (Lipinski definition) is 2. The van der Waals surface area contributed by atoms with Crippen LogP contribution in [-0.4, -0.2) is 24.8 Å². The Bertz CT molecular complexity index is 800. The lowest BCUT2D eigenvalue weighted by molar-refractivity contribution is -0.116. The van der Waals surface area contributed by atoms with E-state index in [2.05, 4.69) is 11.4 Å². The van der Waals surface area contributed by atoms with E-state index < -0.39 is 0 Å². The Hall–Kier alpha value is -2.66. The molecule has 0 saturated heterocycles. The third-order valence-corrected chi connectivity index (χ3v) is 4.77. The fourth-order valence-electron chi connectivity index (χ4n) is 3.31. The normalized spacial score (nSPS) is 12.9. The topological polar surface area (TPSA) is 81.4 Å². The first kappa shape index (κ1) is 19.1. The molecule has 0 heterocycles. The fraction of sp³-hybridized carbons (Fsp3) is 0.364. The van der Waals surface area contributed by atoms with Gasteiger partial charge in [0.15, 0.2) is 5.78 Å². The lowest BCUT2D eigenvalue weighted by atomic mass is 9.89. The number of nitrogens with one attached hydrogen (secondary N) is 1. The van der Waals surface area contributed by atoms with Crippen molar-refractivity contribution in [2.45, 2.75) is 38.5 Å². The van der Waals surface area contributed by atoms with Crippen LogP contribution >= 0.6 is 0 Å². The van der Waals surface area contributed by atoms with Gasteiger partial charge in [-0.1, -0.05) is 12.1 Å². The minimum absolute atomic E-state index is 0.0176. The highest BCUT2D eigenvalue weighted by Gasteiger charge is 2.14. The molecule has 3 N–H and O–H groups in total. The molecule has 3 rings (SSSR count). The average Bonchev–Trinajstić information content (AvgIpc) is 2.71. The van der Waals surface area contributed by atoms with Crippen LogP contribution in [-0.2, 0) is 17.6 Å². The molecular formula is C22H26N2O3. The van der Waals surface area contributed by atoms with E-state index in [0.717, 1.165) is 12.8 Å². The van der Waals surface area contributed by atoms with Crippen molar-refractivity contribution in [1.29, 1.82) is 0 Å². The van der Waals surface area contributed by atoms with Crippen molar-refractivity contribution >= 4 is 17.4 Å². The number of ketones is 1. The van der Waals surface area contributed by atoms with Gasteiger partial charge in [-0.05, 0) is 67.1 Å². The van der Waals surface area contributed by atoms with E-state index in [1.54, 1.807) is 24.3 Å². The molecule has 0 atom stereocenters. The summed E-state index contributed by atoms with van der Waals surface area (Å²) < 4.78 is 5.40. The third-order valence-electron chi connectivity index (χ3n) is 4.77. The zero-order valence-electron chi connectivity index (χ0n) is 15.5. The maximum absolute atomic E-state index is 12.4. The summed E-state index contributed by atoms with van der Waals surface area (Å²) >= 11 is 0. The molecule has 0 aromatic heterocycles. The number of nitrogens with two attached hydrogens (primary N) is 1. The minimum Gasteiger partial charge on any atom is -0.492 e. The predicted octanol–water partition coefficient (Wildman–Crippen LogP) is 3.50. The van der Waals surface area contributed by atoms with Crippen molar-refractivity contribution in [3.8, 4) is 5.75 Å². The summed E-state index contributed by atoms with van der Waals surface area (Å²) in [4.78, 5) is 24.6. The molecular weight excluding hydrogens is 340 g/mol. The number of rotatable bonds is 8. The largest absolute Gasteiger partial charge is 0.492 e. The van der Waals surface area contributed by atoms with E-state index >= 15 is 0 Å². The van der Waals surface area contributed by atoms with Gasteiger partial charge in [0.05, 0.1) is 0 Å². The maximum atomic E-state index is 12.4. The van der Waals surface area contributed by atoms with Gasteiger partial charge >= 0.3 is 0 Å². The van der Waals surface area contributed by atoms with Gasteiger partial charge in [-0.2, -0.15) is 0 Å². The van der Waals surface area contributed by atoms with Gasteiger partial charge in [0, 0.05) is 30.6 Å². The number of hydrogen-bond acceptors (Lipinski definition) is 4. The molecule has 142 valence electrons. The van der Waals surface area contributed by atoms with Crippen molar-refractivity contribution in [3.05, 3.63) is 59.2 Å². The Morgan fingerprint density at radius 2 is 1.70 bits per heavy atom. The Kier molecular flexibility index (Phi) is 6.60. The van der Waals surface area contributed by atoms with Crippen LogP contribution < -0.4 is 15.8 Å². The van der Waals surface area contributed by atoms with Gasteiger partial charge in [-0.25, -0.2) is 0 Å². The van der Waals surface area contributed by atoms with Crippen molar-refractivity contribution in [3.63, 3.8) is 0 Å². The van der Waals surface area contributed by atoms with Crippen LogP contribution in [0.25, 0.3) is 0 Å². The summed E-state index contributed by atoms with van der Waals surface area (Å²) in [6.45, 7) is 0.910. The van der Waals surface area contributed by atoms with Crippen molar-refractivity contribution in [2.75, 3.05) is 18.5 Å². The number of ether oxygens (including phenoxy) is 1. The molecule has 0 unspecified atom stereocenters. The Labute approximate surface area is 159 Å². The number of carbonyl (C=O) groups excluding carboxylic acids is 2. The Balaban J connectivity index is 1.49. The summed E-state index contributed by atoms with van der Waals surface area (Å²) in [6.07, 6.45) is 4.93. The summed E-state index contributed by atoms with van der Waals surface area (Å²) in [5, 5.41) is 2.81. The predicted molar refractivity (Wildman–Crippen MR) is 106 cm³/mol. The highest BCUT2D eigenvalue weighted by Crippen LogP contribution is 2.23. The van der Waals surface area contributed by atoms with Gasteiger partial charge in [-0.15, -0.1) is 0 Å². The SMILES string of the molecule is NCCOc1ccc(NC(=O)CCC(=O)c2ccc3c(c2)CCCC3)cc1. The molecule has 2 aromatic rings. The molecule has 0 fully saturated rings. The molecule has 1 aliphatic carbocycles. The molecule has 2 aromatic carbocycles. The first-order chi connectivity index (χ1) is 13.2. The lowest BCUT2D eigenvalue weighted by Crippen LogP contribution is -2.14. The second-order valence-corrected chi connectivity index (χ2v) is 6.82. The minimum atomic E-state index is -0.170. The Morgan fingerprint density at radius 1 is 0.963 bits per heavy atom. The zero-order valence-corrected chi connectivity index (χ0v) is 15.5. The second-order valence-electron chi connectivity index (χ2n) is 6.82. The third kappa shape index (κ3) is 5.41. The van der Waals surface area contributed by atoms with E-state index in [4.69, 9.17) is 10.5 Å². The summed E-state index contributed by atoms with van der Waals surface area (Å²) in [7, 11) is 0. The molecule has 1 aliphatic rings. The van der Waals surface area contributed by atoms with Crippen LogP contribution in [0.4, 0.5) is 5.69 Å². The Morgan fingerprint density at radius 3 is 2.44 bits per heavy atom. The number of anilines is 1. The first-order valence-electron chi connectivity index (χ1n) is 9.53. The van der Waals surface area contributed by atoms with Gasteiger partial charge in [0.1, 0.15) is 12.4 Å². The number of carbonyl (C=O) groups is 2. The molecule has 1 amide bonds. The summed E-state index contributed by atoms with van der Waals surface area (Å²) in [6, 6.07) is 13.1.